The predicted molar refractivity (Wildman–Crippen MR) is 120 cm³/mol. The predicted octanol–water partition coefficient (Wildman–Crippen LogP) is 0.925. The molecule has 0 aromatic carbocycles. The molecule has 32 heavy (non-hydrogen) atoms. The van der Waals surface area contributed by atoms with E-state index in [-0.39, 0.29) is 72.6 Å². The molecule has 0 aromatic heterocycles. The van der Waals surface area contributed by atoms with Gasteiger partial charge in [-0.1, -0.05) is 25.7 Å². The summed E-state index contributed by atoms with van der Waals surface area (Å²) in [5.74, 6) is -0.270. The van der Waals surface area contributed by atoms with Crippen molar-refractivity contribution in [1.29, 1.82) is 0 Å². The van der Waals surface area contributed by atoms with Crippen LogP contribution in [-0.4, -0.2) is 41.0 Å². The van der Waals surface area contributed by atoms with Gasteiger partial charge in [0.1, 0.15) is 0 Å². The molecule has 1 aliphatic carbocycles. The number of oxime groups is 3. The maximum atomic E-state index is 10.8. The molecule has 1 aliphatic rings. The van der Waals surface area contributed by atoms with Crippen molar-refractivity contribution >= 4 is 41.0 Å². The molecular weight excluding hydrogens is 529 g/mol. The molecular formula is C17H27BClN6O6Tc. The van der Waals surface area contributed by atoms with Crippen molar-refractivity contribution < 1.29 is 46.8 Å². The van der Waals surface area contributed by atoms with Crippen LogP contribution in [-0.2, 0) is 34.4 Å². The van der Waals surface area contributed by atoms with E-state index in [0.717, 1.165) is 12.8 Å². The van der Waals surface area contributed by atoms with Gasteiger partial charge in [0.25, 0.3) is 0 Å². The van der Waals surface area contributed by atoms with Crippen LogP contribution in [0.3, 0.4) is 0 Å². The number of hydrogen-bond donors (Lipinski definition) is 0. The standard InChI is InChI=1S/C17H30BN6O6.ClH.Tc/c1-11(19-25)14(4)22-28-18(17-9-7-8-10-17,29-23-15(5)12(2)20-26)30-24-16(6)13(3)21-27;;/h17,25-27H,7-10H2,1-6H3;1H;/q-1;;+5/p-4/b19-11+,20-12+,21-13+,22-14-,23-15-,24-16+;;/i;;1+1. The van der Waals surface area contributed by atoms with E-state index in [0.29, 0.717) is 12.8 Å². The van der Waals surface area contributed by atoms with Gasteiger partial charge in [0.15, 0.2) is 0 Å². The molecule has 1 rings (SSSR count). The maximum Gasteiger partial charge on any atom is 5.00 e. The molecule has 178 valence electrons. The summed E-state index contributed by atoms with van der Waals surface area (Å²) in [5, 5.41) is 52.6. The van der Waals surface area contributed by atoms with Gasteiger partial charge in [0.2, 0.25) is 0 Å². The van der Waals surface area contributed by atoms with Crippen LogP contribution in [0, 0.1) is 15.6 Å². The van der Waals surface area contributed by atoms with E-state index in [9.17, 15) is 15.6 Å². The fourth-order valence-electron chi connectivity index (χ4n) is 2.54. The van der Waals surface area contributed by atoms with Gasteiger partial charge in [0, 0.05) is 0 Å². The summed E-state index contributed by atoms with van der Waals surface area (Å²) in [6, 6.07) is 0. The molecule has 0 atom stereocenters. The Morgan fingerprint density at radius 3 is 1.16 bits per heavy atom. The van der Waals surface area contributed by atoms with Gasteiger partial charge >= 0.3 is 26.9 Å². The fourth-order valence-corrected chi connectivity index (χ4v) is 2.54. The van der Waals surface area contributed by atoms with Crippen molar-refractivity contribution in [3.63, 3.8) is 0 Å². The van der Waals surface area contributed by atoms with Crippen molar-refractivity contribution in [1.82, 2.24) is 0 Å². The smallest absolute Gasteiger partial charge is 1.00 e. The molecule has 15 heteroatoms. The first kappa shape index (κ1) is 32.0. The van der Waals surface area contributed by atoms with Gasteiger partial charge in [0.05, 0.1) is 34.3 Å². The normalized spacial score (nSPS) is 17.4. The minimum absolute atomic E-state index is 0. The average molecular weight is 557 g/mol. The Morgan fingerprint density at radius 2 is 0.906 bits per heavy atom. The summed E-state index contributed by atoms with van der Waals surface area (Å²) >= 11 is 0. The monoisotopic (exact) mass is 556 g/mol. The third-order valence-electron chi connectivity index (χ3n) is 4.97. The zero-order valence-electron chi connectivity index (χ0n) is 18.9. The van der Waals surface area contributed by atoms with Crippen molar-refractivity contribution in [2.45, 2.75) is 73.0 Å². The molecule has 1 fully saturated rings. The molecule has 0 radical (unpaired) electrons. The van der Waals surface area contributed by atoms with Gasteiger partial charge in [-0.05, 0) is 47.4 Å². The van der Waals surface area contributed by atoms with E-state index in [2.05, 4.69) is 30.9 Å². The quantitative estimate of drug-likeness (QED) is 0.220. The molecule has 0 aromatic rings. The second-order valence-corrected chi connectivity index (χ2v) is 7.12. The zero-order valence-corrected chi connectivity index (χ0v) is 21.5. The zero-order chi connectivity index (χ0) is 22.7. The van der Waals surface area contributed by atoms with E-state index in [1.165, 1.54) is 41.5 Å². The van der Waals surface area contributed by atoms with E-state index in [1.54, 1.807) is 0 Å². The Kier molecular flexibility index (Phi) is 15.6. The van der Waals surface area contributed by atoms with Crippen LogP contribution in [0.25, 0.3) is 0 Å². The van der Waals surface area contributed by atoms with Crippen molar-refractivity contribution in [3.05, 3.63) is 15.6 Å². The first-order chi connectivity index (χ1) is 14.2. The molecule has 0 unspecified atom stereocenters. The van der Waals surface area contributed by atoms with Crippen LogP contribution in [0.2, 0.25) is 5.82 Å². The van der Waals surface area contributed by atoms with E-state index >= 15 is 0 Å². The molecule has 12 nitrogen and oxygen atoms in total. The van der Waals surface area contributed by atoms with Crippen LogP contribution in [0.15, 0.2) is 30.9 Å². The molecule has 0 N–H and O–H groups in total. The number of rotatable bonds is 10. The first-order valence-corrected chi connectivity index (χ1v) is 9.54. The third-order valence-corrected chi connectivity index (χ3v) is 4.97. The summed E-state index contributed by atoms with van der Waals surface area (Å²) in [4.78, 5) is 0. The second kappa shape index (κ2) is 15.6. The topological polar surface area (TPSA) is 171 Å². The minimum atomic E-state index is -2.74. The first-order valence-electron chi connectivity index (χ1n) is 9.54. The number of nitrogens with zero attached hydrogens (tertiary/aromatic N) is 6. The summed E-state index contributed by atoms with van der Waals surface area (Å²) in [7, 11) is 0. The molecule has 0 amide bonds. The van der Waals surface area contributed by atoms with Crippen LogP contribution >= 0.6 is 0 Å². The van der Waals surface area contributed by atoms with Gasteiger partial charge < -0.3 is 57.8 Å². The summed E-state index contributed by atoms with van der Waals surface area (Å²) in [6.07, 6.45) is 3.19. The van der Waals surface area contributed by atoms with Gasteiger partial charge in [-0.2, -0.15) is 0 Å². The maximum absolute atomic E-state index is 10.8. The summed E-state index contributed by atoms with van der Waals surface area (Å²) in [6.45, 7) is 6.32. The van der Waals surface area contributed by atoms with Crippen LogP contribution in [0.5, 0.6) is 0 Å². The van der Waals surface area contributed by atoms with Gasteiger partial charge in [-0.3, -0.25) is 0 Å². The molecule has 0 spiro atoms. The van der Waals surface area contributed by atoms with Crippen molar-refractivity contribution in [2.24, 2.45) is 30.9 Å². The Morgan fingerprint density at radius 1 is 0.625 bits per heavy atom. The molecule has 0 saturated heterocycles. The second-order valence-electron chi connectivity index (χ2n) is 7.12. The van der Waals surface area contributed by atoms with E-state index in [1.807, 2.05) is 0 Å². The van der Waals surface area contributed by atoms with E-state index in [4.69, 9.17) is 14.3 Å². The number of hydrogen-bond acceptors (Lipinski definition) is 12. The average Bonchev–Trinajstić information content (AvgIpc) is 3.31. The van der Waals surface area contributed by atoms with Crippen LogP contribution in [0.1, 0.15) is 67.2 Å². The van der Waals surface area contributed by atoms with Crippen molar-refractivity contribution in [2.75, 3.05) is 0 Å². The van der Waals surface area contributed by atoms with Crippen molar-refractivity contribution in [3.8, 4) is 0 Å². The summed E-state index contributed by atoms with van der Waals surface area (Å²) in [5.41, 5.74) is 1.02. The van der Waals surface area contributed by atoms with E-state index < -0.39 is 6.75 Å². The molecule has 1 saturated carbocycles. The van der Waals surface area contributed by atoms with Gasteiger partial charge in [-0.15, -0.1) is 15.5 Å². The fraction of sp³-hybridized carbons (Fsp3) is 0.647. The van der Waals surface area contributed by atoms with Crippen LogP contribution < -0.4 is 12.4 Å². The van der Waals surface area contributed by atoms with Crippen LogP contribution in [0.4, 0.5) is 0 Å². The Bertz CT molecular complexity index is 695. The number of halogens is 1. The Hall–Kier alpha value is -2.18. The van der Waals surface area contributed by atoms with Gasteiger partial charge in [-0.25, -0.2) is 0 Å². The third kappa shape index (κ3) is 9.13. The molecule has 0 heterocycles. The largest absolute Gasteiger partial charge is 5.00 e. The molecule has 0 bridgehead atoms. The Balaban J connectivity index is 0. The SMILES string of the molecule is CC(=N/O[B-](O/N=C(C)\C(C)=N\[O-])(O/N=C(C)/C(C)=N/[O-])C1CCCC1)/C(C)=N/[O-].[99Tc+5].[Cl-]. The Labute approximate surface area is 207 Å². The minimum Gasteiger partial charge on any atom is -1.00 e. The summed E-state index contributed by atoms with van der Waals surface area (Å²) < 4.78 is 17.0. The molecule has 0 aliphatic heterocycles.